The molecule has 0 saturated carbocycles. The van der Waals surface area contributed by atoms with Gasteiger partial charge in [-0.2, -0.15) is 0 Å². The van der Waals surface area contributed by atoms with Gasteiger partial charge in [0.15, 0.2) is 0 Å². The van der Waals surface area contributed by atoms with Gasteiger partial charge >= 0.3 is 0 Å². The Hall–Kier alpha value is -1.19. The Morgan fingerprint density at radius 2 is 1.71 bits per heavy atom. The van der Waals surface area contributed by atoms with Crippen molar-refractivity contribution in [3.8, 4) is 0 Å². The normalized spacial score (nSPS) is 12.8. The minimum Gasteiger partial charge on any atom is -0.382 e. The lowest BCUT2D eigenvalue weighted by Gasteiger charge is -2.19. The number of benzene rings is 1. The number of aliphatic hydroxyl groups excluding tert-OH is 1. The van der Waals surface area contributed by atoms with Gasteiger partial charge in [-0.3, -0.25) is 0 Å². The minimum atomic E-state index is -0.611. The summed E-state index contributed by atoms with van der Waals surface area (Å²) < 4.78 is 0. The molecule has 2 rings (SSSR count). The van der Waals surface area contributed by atoms with Crippen molar-refractivity contribution in [2.24, 2.45) is 0 Å². The predicted molar refractivity (Wildman–Crippen MR) is 71.6 cm³/mol. The minimum absolute atomic E-state index is 0.611. The highest BCUT2D eigenvalue weighted by atomic mass is 32.1. The third-order valence-corrected chi connectivity index (χ3v) is 4.03. The van der Waals surface area contributed by atoms with Gasteiger partial charge in [-0.1, -0.05) is 6.07 Å². The molecular weight excluding hydrogens is 230 g/mol. The zero-order valence-corrected chi connectivity index (χ0v) is 11.4. The van der Waals surface area contributed by atoms with Crippen molar-refractivity contribution in [3.05, 3.63) is 50.5 Å². The fourth-order valence-corrected chi connectivity index (χ4v) is 2.73. The van der Waals surface area contributed by atoms with Crippen LogP contribution in [0.15, 0.2) is 17.0 Å². The van der Waals surface area contributed by atoms with Crippen molar-refractivity contribution in [1.29, 1.82) is 0 Å². The van der Waals surface area contributed by atoms with Crippen LogP contribution in [0.3, 0.4) is 0 Å². The number of aromatic nitrogens is 1. The lowest BCUT2D eigenvalue weighted by atomic mass is 9.90. The van der Waals surface area contributed by atoms with Crippen molar-refractivity contribution in [2.75, 3.05) is 0 Å². The molecule has 0 spiro atoms. The van der Waals surface area contributed by atoms with E-state index in [4.69, 9.17) is 0 Å². The predicted octanol–water partition coefficient (Wildman–Crippen LogP) is 3.46. The highest BCUT2D eigenvalue weighted by molar-refractivity contribution is 7.07. The Balaban J connectivity index is 2.59. The number of hydrogen-bond donors (Lipinski definition) is 1. The van der Waals surface area contributed by atoms with Crippen LogP contribution in [0.5, 0.6) is 0 Å². The first-order valence-electron chi connectivity index (χ1n) is 5.65. The molecule has 0 bridgehead atoms. The molecule has 0 aliphatic carbocycles. The average Bonchev–Trinajstić information content (AvgIpc) is 2.80. The number of rotatable bonds is 2. The zero-order chi connectivity index (χ0) is 12.6. The largest absolute Gasteiger partial charge is 0.382 e. The molecule has 1 N–H and O–H groups in total. The summed E-state index contributed by atoms with van der Waals surface area (Å²) in [4.78, 5) is 4.20. The van der Waals surface area contributed by atoms with Crippen molar-refractivity contribution in [2.45, 2.75) is 33.8 Å². The first kappa shape index (κ1) is 12.3. The molecule has 17 heavy (non-hydrogen) atoms. The van der Waals surface area contributed by atoms with Crippen LogP contribution in [0.1, 0.15) is 39.6 Å². The summed E-state index contributed by atoms with van der Waals surface area (Å²) in [6.45, 7) is 8.29. The summed E-state index contributed by atoms with van der Waals surface area (Å²) in [7, 11) is 0. The topological polar surface area (TPSA) is 33.1 Å². The van der Waals surface area contributed by atoms with Gasteiger partial charge in [-0.15, -0.1) is 11.3 Å². The second-order valence-corrected chi connectivity index (χ2v) is 5.21. The lowest BCUT2D eigenvalue weighted by Crippen LogP contribution is -2.07. The second-order valence-electron chi connectivity index (χ2n) is 4.49. The second kappa shape index (κ2) is 4.59. The molecule has 1 unspecified atom stereocenters. The van der Waals surface area contributed by atoms with Gasteiger partial charge in [0, 0.05) is 5.38 Å². The monoisotopic (exact) mass is 247 g/mol. The molecule has 0 saturated heterocycles. The van der Waals surface area contributed by atoms with E-state index >= 15 is 0 Å². The van der Waals surface area contributed by atoms with Crippen LogP contribution in [-0.4, -0.2) is 10.1 Å². The molecule has 1 atom stereocenters. The summed E-state index contributed by atoms with van der Waals surface area (Å²) in [6, 6.07) is 2.17. The highest BCUT2D eigenvalue weighted by Gasteiger charge is 2.19. The highest BCUT2D eigenvalue weighted by Crippen LogP contribution is 2.31. The van der Waals surface area contributed by atoms with E-state index in [0.29, 0.717) is 0 Å². The molecule has 0 fully saturated rings. The maximum atomic E-state index is 10.4. The molecule has 90 valence electrons. The number of hydrogen-bond acceptors (Lipinski definition) is 3. The number of nitrogens with zero attached hydrogens (tertiary/aromatic N) is 1. The Morgan fingerprint density at radius 1 is 1.12 bits per heavy atom. The van der Waals surface area contributed by atoms with E-state index in [1.54, 1.807) is 5.51 Å². The van der Waals surface area contributed by atoms with Gasteiger partial charge in [0.05, 0.1) is 11.2 Å². The Bertz CT molecular complexity index is 505. The van der Waals surface area contributed by atoms with Crippen LogP contribution in [0.4, 0.5) is 0 Å². The third-order valence-electron chi connectivity index (χ3n) is 3.43. The van der Waals surface area contributed by atoms with Crippen LogP contribution in [0, 0.1) is 27.7 Å². The molecule has 0 amide bonds. The van der Waals surface area contributed by atoms with Crippen molar-refractivity contribution >= 4 is 11.3 Å². The SMILES string of the molecule is Cc1cc(C)c(C)c(C(O)c2cscn2)c1C. The molecule has 2 aromatic rings. The summed E-state index contributed by atoms with van der Waals surface area (Å²) in [5, 5.41) is 12.3. The van der Waals surface area contributed by atoms with Gasteiger partial charge in [-0.25, -0.2) is 4.98 Å². The summed E-state index contributed by atoms with van der Waals surface area (Å²) in [5.41, 5.74) is 8.27. The molecule has 1 aromatic heterocycles. The molecular formula is C14H17NOS. The first-order valence-corrected chi connectivity index (χ1v) is 6.60. The summed E-state index contributed by atoms with van der Waals surface area (Å²) >= 11 is 1.51. The van der Waals surface area contributed by atoms with E-state index in [1.807, 2.05) is 5.38 Å². The van der Waals surface area contributed by atoms with Crippen LogP contribution >= 0.6 is 11.3 Å². The van der Waals surface area contributed by atoms with Crippen LogP contribution < -0.4 is 0 Å². The van der Waals surface area contributed by atoms with E-state index in [0.717, 1.165) is 22.4 Å². The molecule has 1 heterocycles. The van der Waals surface area contributed by atoms with E-state index in [-0.39, 0.29) is 0 Å². The summed E-state index contributed by atoms with van der Waals surface area (Å²) in [6.07, 6.45) is -0.611. The standard InChI is InChI=1S/C14H17NOS/c1-8-5-9(2)11(4)13(10(8)3)14(16)12-6-17-7-15-12/h5-7,14,16H,1-4H3. The van der Waals surface area contributed by atoms with Gasteiger partial charge in [0.25, 0.3) is 0 Å². The van der Waals surface area contributed by atoms with E-state index in [2.05, 4.69) is 38.7 Å². The fraction of sp³-hybridized carbons (Fsp3) is 0.357. The summed E-state index contributed by atoms with van der Waals surface area (Å²) in [5.74, 6) is 0. The molecule has 1 aromatic carbocycles. The third kappa shape index (κ3) is 2.13. The van der Waals surface area contributed by atoms with E-state index in [1.165, 1.54) is 22.5 Å². The maximum Gasteiger partial charge on any atom is 0.122 e. The van der Waals surface area contributed by atoms with Crippen LogP contribution in [0.2, 0.25) is 0 Å². The first-order chi connectivity index (χ1) is 8.02. The zero-order valence-electron chi connectivity index (χ0n) is 10.6. The Labute approximate surface area is 106 Å². The molecule has 3 heteroatoms. The van der Waals surface area contributed by atoms with Crippen molar-refractivity contribution in [1.82, 2.24) is 4.98 Å². The number of aryl methyl sites for hydroxylation is 2. The van der Waals surface area contributed by atoms with Gasteiger partial charge < -0.3 is 5.11 Å². The maximum absolute atomic E-state index is 10.4. The lowest BCUT2D eigenvalue weighted by molar-refractivity contribution is 0.214. The van der Waals surface area contributed by atoms with E-state index < -0.39 is 6.10 Å². The quantitative estimate of drug-likeness (QED) is 0.881. The van der Waals surface area contributed by atoms with Crippen LogP contribution in [-0.2, 0) is 0 Å². The molecule has 0 radical (unpaired) electrons. The molecule has 0 aliphatic heterocycles. The number of thiazole rings is 1. The van der Waals surface area contributed by atoms with Crippen molar-refractivity contribution < 1.29 is 5.11 Å². The molecule has 0 aliphatic rings. The van der Waals surface area contributed by atoms with Gasteiger partial charge in [-0.05, 0) is 55.5 Å². The van der Waals surface area contributed by atoms with Crippen molar-refractivity contribution in [3.63, 3.8) is 0 Å². The average molecular weight is 247 g/mol. The van der Waals surface area contributed by atoms with Gasteiger partial charge in [0.2, 0.25) is 0 Å². The molecule has 2 nitrogen and oxygen atoms in total. The van der Waals surface area contributed by atoms with Crippen LogP contribution in [0.25, 0.3) is 0 Å². The van der Waals surface area contributed by atoms with E-state index in [9.17, 15) is 5.11 Å². The van der Waals surface area contributed by atoms with Gasteiger partial charge in [0.1, 0.15) is 6.10 Å². The Morgan fingerprint density at radius 3 is 2.18 bits per heavy atom. The Kier molecular flexibility index (Phi) is 3.31. The number of aliphatic hydroxyl groups is 1. The smallest absolute Gasteiger partial charge is 0.122 e. The fourth-order valence-electron chi connectivity index (χ4n) is 2.16.